The lowest BCUT2D eigenvalue weighted by molar-refractivity contribution is 0.501. The van der Waals surface area contributed by atoms with Crippen molar-refractivity contribution in [1.82, 2.24) is 10.3 Å². The molecule has 0 aliphatic heterocycles. The standard InChI is InChI=1S/C17H20N2/c1-3-4-5-6-14(2)19-12-15-7-8-17-13-18-10-9-16(17)11-15/h1,7-11,13-14,19H,4-6,12H2,2H3/t14-/m1/s1. The SMILES string of the molecule is C#CCCC[C@@H](C)NCc1ccc2cnccc2c1. The summed E-state index contributed by atoms with van der Waals surface area (Å²) in [6.07, 6.45) is 12.1. The van der Waals surface area contributed by atoms with Gasteiger partial charge in [-0.15, -0.1) is 12.3 Å². The van der Waals surface area contributed by atoms with Gasteiger partial charge in [0.25, 0.3) is 0 Å². The van der Waals surface area contributed by atoms with Crippen molar-refractivity contribution in [1.29, 1.82) is 0 Å². The molecular formula is C17H20N2. The molecule has 0 saturated carbocycles. The van der Waals surface area contributed by atoms with Crippen molar-refractivity contribution in [3.8, 4) is 12.3 Å². The third kappa shape index (κ3) is 4.08. The quantitative estimate of drug-likeness (QED) is 0.628. The van der Waals surface area contributed by atoms with Gasteiger partial charge in [0.1, 0.15) is 0 Å². The van der Waals surface area contributed by atoms with Crippen LogP contribution in [0, 0.1) is 12.3 Å². The fraction of sp³-hybridized carbons (Fsp3) is 0.353. The van der Waals surface area contributed by atoms with Crippen LogP contribution in [-0.2, 0) is 6.54 Å². The van der Waals surface area contributed by atoms with E-state index in [4.69, 9.17) is 6.42 Å². The van der Waals surface area contributed by atoms with Crippen molar-refractivity contribution in [2.75, 3.05) is 0 Å². The van der Waals surface area contributed by atoms with Gasteiger partial charge in [0.15, 0.2) is 0 Å². The molecule has 0 fully saturated rings. The van der Waals surface area contributed by atoms with Crippen molar-refractivity contribution in [2.24, 2.45) is 0 Å². The molecular weight excluding hydrogens is 232 g/mol. The maximum Gasteiger partial charge on any atom is 0.0346 e. The summed E-state index contributed by atoms with van der Waals surface area (Å²) in [6, 6.07) is 9.06. The summed E-state index contributed by atoms with van der Waals surface area (Å²) >= 11 is 0. The van der Waals surface area contributed by atoms with Gasteiger partial charge in [-0.05, 0) is 42.8 Å². The van der Waals surface area contributed by atoms with Gasteiger partial charge < -0.3 is 5.32 Å². The van der Waals surface area contributed by atoms with Gasteiger partial charge in [0, 0.05) is 36.8 Å². The topological polar surface area (TPSA) is 24.9 Å². The summed E-state index contributed by atoms with van der Waals surface area (Å²) in [5, 5.41) is 5.97. The number of fused-ring (bicyclic) bond motifs is 1. The van der Waals surface area contributed by atoms with E-state index in [2.05, 4.69) is 47.4 Å². The lowest BCUT2D eigenvalue weighted by Crippen LogP contribution is -2.25. The maximum absolute atomic E-state index is 5.26. The molecule has 0 unspecified atom stereocenters. The first-order chi connectivity index (χ1) is 9.29. The van der Waals surface area contributed by atoms with Crippen LogP contribution in [0.4, 0.5) is 0 Å². The number of hydrogen-bond acceptors (Lipinski definition) is 2. The minimum atomic E-state index is 0.501. The molecule has 0 bridgehead atoms. The Balaban J connectivity index is 1.89. The number of unbranched alkanes of at least 4 members (excludes halogenated alkanes) is 1. The number of terminal acetylenes is 1. The molecule has 1 N–H and O–H groups in total. The zero-order chi connectivity index (χ0) is 13.5. The van der Waals surface area contributed by atoms with Gasteiger partial charge in [-0.3, -0.25) is 4.98 Å². The number of nitrogens with one attached hydrogen (secondary N) is 1. The first kappa shape index (κ1) is 13.6. The highest BCUT2D eigenvalue weighted by Crippen LogP contribution is 2.14. The van der Waals surface area contributed by atoms with Crippen LogP contribution in [0.2, 0.25) is 0 Å². The Kier molecular flexibility index (Phi) is 4.94. The number of benzene rings is 1. The molecule has 0 aliphatic rings. The Hall–Kier alpha value is -1.85. The first-order valence-corrected chi connectivity index (χ1v) is 6.79. The molecule has 2 nitrogen and oxygen atoms in total. The molecule has 1 heterocycles. The fourth-order valence-electron chi connectivity index (χ4n) is 2.15. The lowest BCUT2D eigenvalue weighted by atomic mass is 10.1. The summed E-state index contributed by atoms with van der Waals surface area (Å²) in [6.45, 7) is 3.11. The highest BCUT2D eigenvalue weighted by atomic mass is 14.9. The van der Waals surface area contributed by atoms with Crippen molar-refractivity contribution in [2.45, 2.75) is 38.8 Å². The molecule has 0 amide bonds. The normalized spacial score (nSPS) is 12.2. The number of pyridine rings is 1. The largest absolute Gasteiger partial charge is 0.310 e. The lowest BCUT2D eigenvalue weighted by Gasteiger charge is -2.13. The number of hydrogen-bond donors (Lipinski definition) is 1. The molecule has 0 aliphatic carbocycles. The van der Waals surface area contributed by atoms with E-state index in [1.54, 1.807) is 0 Å². The van der Waals surface area contributed by atoms with Crippen LogP contribution in [0.1, 0.15) is 31.7 Å². The molecule has 2 rings (SSSR count). The summed E-state index contributed by atoms with van der Waals surface area (Å²) in [5.74, 6) is 2.68. The summed E-state index contributed by atoms with van der Waals surface area (Å²) in [4.78, 5) is 4.13. The third-order valence-electron chi connectivity index (χ3n) is 3.32. The van der Waals surface area contributed by atoms with Crippen LogP contribution in [0.25, 0.3) is 10.8 Å². The highest BCUT2D eigenvalue weighted by Gasteiger charge is 2.02. The predicted octanol–water partition coefficient (Wildman–Crippen LogP) is 3.52. The van der Waals surface area contributed by atoms with Crippen LogP contribution in [0.15, 0.2) is 36.7 Å². The van der Waals surface area contributed by atoms with E-state index < -0.39 is 0 Å². The Bertz CT molecular complexity index is 569. The van der Waals surface area contributed by atoms with Gasteiger partial charge >= 0.3 is 0 Å². The van der Waals surface area contributed by atoms with Gasteiger partial charge in [0.05, 0.1) is 0 Å². The van der Waals surface area contributed by atoms with E-state index in [1.807, 2.05) is 12.4 Å². The molecule has 98 valence electrons. The average Bonchev–Trinajstić information content (AvgIpc) is 2.45. The van der Waals surface area contributed by atoms with E-state index in [-0.39, 0.29) is 0 Å². The van der Waals surface area contributed by atoms with Crippen LogP contribution >= 0.6 is 0 Å². The molecule has 1 atom stereocenters. The van der Waals surface area contributed by atoms with Gasteiger partial charge in [-0.1, -0.05) is 12.1 Å². The maximum atomic E-state index is 5.26. The van der Waals surface area contributed by atoms with Crippen molar-refractivity contribution in [3.63, 3.8) is 0 Å². The zero-order valence-corrected chi connectivity index (χ0v) is 11.4. The monoisotopic (exact) mass is 252 g/mol. The van der Waals surface area contributed by atoms with E-state index in [1.165, 1.54) is 16.3 Å². The van der Waals surface area contributed by atoms with Gasteiger partial charge in [-0.2, -0.15) is 0 Å². The Morgan fingerprint density at radius 1 is 1.32 bits per heavy atom. The second-order valence-electron chi connectivity index (χ2n) is 4.94. The predicted molar refractivity (Wildman–Crippen MR) is 80.7 cm³/mol. The molecule has 1 aromatic carbocycles. The Morgan fingerprint density at radius 3 is 3.05 bits per heavy atom. The van der Waals surface area contributed by atoms with Crippen molar-refractivity contribution < 1.29 is 0 Å². The minimum absolute atomic E-state index is 0.501. The Labute approximate surface area is 115 Å². The second kappa shape index (κ2) is 6.92. The summed E-state index contributed by atoms with van der Waals surface area (Å²) in [5.41, 5.74) is 1.31. The van der Waals surface area contributed by atoms with Gasteiger partial charge in [0.2, 0.25) is 0 Å². The molecule has 2 heteroatoms. The summed E-state index contributed by atoms with van der Waals surface area (Å²) in [7, 11) is 0. The summed E-state index contributed by atoms with van der Waals surface area (Å²) < 4.78 is 0. The van der Waals surface area contributed by atoms with Crippen molar-refractivity contribution in [3.05, 3.63) is 42.2 Å². The van der Waals surface area contributed by atoms with Crippen LogP contribution in [-0.4, -0.2) is 11.0 Å². The van der Waals surface area contributed by atoms with E-state index >= 15 is 0 Å². The van der Waals surface area contributed by atoms with E-state index in [9.17, 15) is 0 Å². The molecule has 0 radical (unpaired) electrons. The fourth-order valence-corrected chi connectivity index (χ4v) is 2.15. The van der Waals surface area contributed by atoms with E-state index in [0.717, 1.165) is 25.8 Å². The second-order valence-corrected chi connectivity index (χ2v) is 4.94. The molecule has 0 saturated heterocycles. The first-order valence-electron chi connectivity index (χ1n) is 6.79. The van der Waals surface area contributed by atoms with Crippen LogP contribution in [0.3, 0.4) is 0 Å². The molecule has 1 aromatic heterocycles. The number of aromatic nitrogens is 1. The zero-order valence-electron chi connectivity index (χ0n) is 11.4. The van der Waals surface area contributed by atoms with Crippen LogP contribution < -0.4 is 5.32 Å². The van der Waals surface area contributed by atoms with Gasteiger partial charge in [-0.25, -0.2) is 0 Å². The van der Waals surface area contributed by atoms with E-state index in [0.29, 0.717) is 6.04 Å². The average molecular weight is 252 g/mol. The minimum Gasteiger partial charge on any atom is -0.310 e. The smallest absolute Gasteiger partial charge is 0.0346 e. The Morgan fingerprint density at radius 2 is 2.21 bits per heavy atom. The third-order valence-corrected chi connectivity index (χ3v) is 3.32. The highest BCUT2D eigenvalue weighted by molar-refractivity contribution is 5.81. The number of nitrogens with zero attached hydrogens (tertiary/aromatic N) is 1. The number of rotatable bonds is 6. The molecule has 19 heavy (non-hydrogen) atoms. The molecule has 2 aromatic rings. The van der Waals surface area contributed by atoms with Crippen LogP contribution in [0.5, 0.6) is 0 Å². The molecule has 0 spiro atoms. The van der Waals surface area contributed by atoms with Crippen molar-refractivity contribution >= 4 is 10.8 Å².